The molecule has 9 aromatic carbocycles. The van der Waals surface area contributed by atoms with Gasteiger partial charge in [0.25, 0.3) is 0 Å². The van der Waals surface area contributed by atoms with Crippen LogP contribution in [0.2, 0.25) is 0 Å². The first-order valence-corrected chi connectivity index (χ1v) is 23.2. The minimum absolute atomic E-state index is 0.0401. The molecule has 2 aromatic heterocycles. The zero-order chi connectivity index (χ0) is 45.0. The summed E-state index contributed by atoms with van der Waals surface area (Å²) in [7, 11) is 0. The predicted molar refractivity (Wildman–Crippen MR) is 277 cm³/mol. The van der Waals surface area contributed by atoms with E-state index in [4.69, 9.17) is 19.4 Å². The van der Waals surface area contributed by atoms with Gasteiger partial charge in [-0.3, -0.25) is 0 Å². The molecule has 1 aliphatic heterocycles. The Morgan fingerprint density at radius 3 is 1.44 bits per heavy atom. The molecule has 68 heavy (non-hydrogen) atoms. The monoisotopic (exact) mass is 870 g/mol. The van der Waals surface area contributed by atoms with Crippen LogP contribution >= 0.6 is 0 Å². The quantitative estimate of drug-likeness (QED) is 0.152. The van der Waals surface area contributed by atoms with Crippen LogP contribution in [0.1, 0.15) is 22.8 Å². The molecule has 5 heteroatoms. The first-order valence-electron chi connectivity index (χ1n) is 23.2. The van der Waals surface area contributed by atoms with Gasteiger partial charge in [-0.2, -0.15) is 0 Å². The highest BCUT2D eigenvalue weighted by Crippen LogP contribution is 2.54. The van der Waals surface area contributed by atoms with Gasteiger partial charge in [0.2, 0.25) is 0 Å². The summed E-state index contributed by atoms with van der Waals surface area (Å²) in [5.41, 5.74) is 17.7. The van der Waals surface area contributed by atoms with Gasteiger partial charge in [-0.1, -0.05) is 188 Å². The van der Waals surface area contributed by atoms with Crippen molar-refractivity contribution in [1.82, 2.24) is 15.0 Å². The van der Waals surface area contributed by atoms with Crippen molar-refractivity contribution in [3.63, 3.8) is 0 Å². The maximum atomic E-state index is 6.68. The Labute approximate surface area is 395 Å². The third-order valence-electron chi connectivity index (χ3n) is 13.5. The summed E-state index contributed by atoms with van der Waals surface area (Å²) in [6, 6.07) is 81.4. The molecule has 0 N–H and O–H groups in total. The van der Waals surface area contributed by atoms with Crippen molar-refractivity contribution in [2.75, 3.05) is 4.90 Å². The highest BCUT2D eigenvalue weighted by Gasteiger charge is 2.43. The van der Waals surface area contributed by atoms with Crippen LogP contribution in [0.25, 0.3) is 95.7 Å². The van der Waals surface area contributed by atoms with E-state index >= 15 is 0 Å². The van der Waals surface area contributed by atoms with Gasteiger partial charge >= 0.3 is 0 Å². The molecule has 0 saturated carbocycles. The average Bonchev–Trinajstić information content (AvgIpc) is 3.97. The standard InChI is InChI=1S/C63H42N4O/c1-4-14-41(15-5-1)44-26-28-46(29-27-44)61-64-62(50-23-13-22-49(39-50)43-18-8-3-9-19-43)66-63(65-61)51-32-36-57-54(40-51)60-58(68-57)37-35-56-59(60)53-24-10-11-25-55(53)67(56)52-33-30-45(31-34-52)48-21-12-20-47(38-48)42-16-6-2-7-17-42/h1-40,56,59H. The Bertz CT molecular complexity index is 3680. The molecule has 0 bridgehead atoms. The molecule has 1 aliphatic carbocycles. The van der Waals surface area contributed by atoms with Crippen LogP contribution in [0.4, 0.5) is 11.4 Å². The van der Waals surface area contributed by atoms with E-state index in [1.165, 1.54) is 39.1 Å². The van der Waals surface area contributed by atoms with Crippen LogP contribution in [0, 0.1) is 0 Å². The van der Waals surface area contributed by atoms with Crippen molar-refractivity contribution in [3.8, 4) is 78.7 Å². The molecule has 0 amide bonds. The van der Waals surface area contributed by atoms with Crippen LogP contribution in [-0.2, 0) is 0 Å². The second-order valence-electron chi connectivity index (χ2n) is 17.5. The molecular formula is C63H42N4O. The van der Waals surface area contributed by atoms with E-state index in [0.29, 0.717) is 17.5 Å². The zero-order valence-electron chi connectivity index (χ0n) is 36.9. The maximum absolute atomic E-state index is 6.68. The molecule has 5 nitrogen and oxygen atoms in total. The highest BCUT2D eigenvalue weighted by atomic mass is 16.3. The molecule has 0 fully saturated rings. The molecule has 2 unspecified atom stereocenters. The lowest BCUT2D eigenvalue weighted by Gasteiger charge is -2.30. The fourth-order valence-electron chi connectivity index (χ4n) is 10.2. The third-order valence-corrected chi connectivity index (χ3v) is 13.5. The lowest BCUT2D eigenvalue weighted by atomic mass is 9.82. The number of aromatic nitrogens is 3. The molecule has 11 aromatic rings. The van der Waals surface area contributed by atoms with Crippen molar-refractivity contribution in [2.45, 2.75) is 12.0 Å². The molecule has 0 saturated heterocycles. The number of nitrogens with zero attached hydrogens (tertiary/aromatic N) is 4. The summed E-state index contributed by atoms with van der Waals surface area (Å²) in [6.45, 7) is 0. The lowest BCUT2D eigenvalue weighted by molar-refractivity contribution is 0.584. The molecule has 0 radical (unpaired) electrons. The number of rotatable bonds is 8. The van der Waals surface area contributed by atoms with E-state index < -0.39 is 0 Å². The van der Waals surface area contributed by atoms with Gasteiger partial charge in [-0.05, 0) is 105 Å². The van der Waals surface area contributed by atoms with E-state index in [1.54, 1.807) is 0 Å². The fourth-order valence-corrected chi connectivity index (χ4v) is 10.2. The second-order valence-corrected chi connectivity index (χ2v) is 17.5. The zero-order valence-corrected chi connectivity index (χ0v) is 36.9. The Morgan fingerprint density at radius 2 is 0.809 bits per heavy atom. The molecule has 13 rings (SSSR count). The number of hydrogen-bond donors (Lipinski definition) is 0. The highest BCUT2D eigenvalue weighted by molar-refractivity contribution is 5.93. The van der Waals surface area contributed by atoms with Crippen LogP contribution in [0.5, 0.6) is 0 Å². The minimum atomic E-state index is 0.0401. The lowest BCUT2D eigenvalue weighted by Crippen LogP contribution is -2.30. The van der Waals surface area contributed by atoms with Crippen molar-refractivity contribution < 1.29 is 4.42 Å². The molecular weight excluding hydrogens is 829 g/mol. The van der Waals surface area contributed by atoms with E-state index in [2.05, 4.69) is 235 Å². The topological polar surface area (TPSA) is 55.1 Å². The SMILES string of the molecule is C1=CC2C(c3ccccc3N2c2ccc(-c3cccc(-c4ccccc4)c3)cc2)c2c1oc1ccc(-c3nc(-c4ccc(-c5ccccc5)cc4)nc(-c4cccc(-c5ccccc5)c4)n3)cc21. The third kappa shape index (κ3) is 7.00. The van der Waals surface area contributed by atoms with Gasteiger partial charge in [0.05, 0.1) is 6.04 Å². The summed E-state index contributed by atoms with van der Waals surface area (Å²) in [5, 5.41) is 1.06. The van der Waals surface area contributed by atoms with Gasteiger partial charge in [-0.15, -0.1) is 0 Å². The Morgan fingerprint density at radius 1 is 0.368 bits per heavy atom. The van der Waals surface area contributed by atoms with Gasteiger partial charge in [0.1, 0.15) is 11.3 Å². The number of para-hydroxylation sites is 1. The van der Waals surface area contributed by atoms with Crippen molar-refractivity contribution in [2.24, 2.45) is 0 Å². The molecule has 2 aliphatic rings. The van der Waals surface area contributed by atoms with Crippen LogP contribution in [0.3, 0.4) is 0 Å². The molecule has 320 valence electrons. The number of furan rings is 1. The summed E-state index contributed by atoms with van der Waals surface area (Å²) >= 11 is 0. The smallest absolute Gasteiger partial charge is 0.164 e. The predicted octanol–water partition coefficient (Wildman–Crippen LogP) is 16.0. The van der Waals surface area contributed by atoms with Crippen LogP contribution in [-0.4, -0.2) is 21.0 Å². The minimum Gasteiger partial charge on any atom is -0.456 e. The largest absolute Gasteiger partial charge is 0.456 e. The van der Waals surface area contributed by atoms with Crippen molar-refractivity contribution >= 4 is 28.4 Å². The first-order chi connectivity index (χ1) is 33.7. The summed E-state index contributed by atoms with van der Waals surface area (Å²) in [6.07, 6.45) is 4.47. The first kappa shape index (κ1) is 39.4. The fraction of sp³-hybridized carbons (Fsp3) is 0.0317. The van der Waals surface area contributed by atoms with E-state index in [1.807, 2.05) is 12.1 Å². The van der Waals surface area contributed by atoms with Gasteiger partial charge < -0.3 is 9.32 Å². The second kappa shape index (κ2) is 16.5. The van der Waals surface area contributed by atoms with Crippen LogP contribution < -0.4 is 4.90 Å². The van der Waals surface area contributed by atoms with Gasteiger partial charge in [0, 0.05) is 44.9 Å². The number of fused-ring (bicyclic) bond motifs is 7. The van der Waals surface area contributed by atoms with Gasteiger partial charge in [-0.25, -0.2) is 15.0 Å². The number of anilines is 2. The summed E-state index contributed by atoms with van der Waals surface area (Å²) in [4.78, 5) is 18.1. The molecule has 0 spiro atoms. The van der Waals surface area contributed by atoms with E-state index in [-0.39, 0.29) is 12.0 Å². The Hall–Kier alpha value is -8.93. The van der Waals surface area contributed by atoms with Crippen LogP contribution in [0.15, 0.2) is 241 Å². The Balaban J connectivity index is 0.887. The van der Waals surface area contributed by atoms with Gasteiger partial charge in [0.15, 0.2) is 17.5 Å². The Kier molecular flexibility index (Phi) is 9.57. The average molecular weight is 871 g/mol. The molecule has 2 atom stereocenters. The van der Waals surface area contributed by atoms with Crippen molar-refractivity contribution in [3.05, 3.63) is 253 Å². The summed E-state index contributed by atoms with van der Waals surface area (Å²) in [5.74, 6) is 2.75. The number of hydrogen-bond acceptors (Lipinski definition) is 5. The van der Waals surface area contributed by atoms with E-state index in [0.717, 1.165) is 61.4 Å². The maximum Gasteiger partial charge on any atom is 0.164 e. The van der Waals surface area contributed by atoms with Crippen molar-refractivity contribution in [1.29, 1.82) is 0 Å². The summed E-state index contributed by atoms with van der Waals surface area (Å²) < 4.78 is 6.68. The normalized spacial score (nSPS) is 14.7. The molecule has 3 heterocycles. The van der Waals surface area contributed by atoms with E-state index in [9.17, 15) is 0 Å². The number of benzene rings is 9.